The standard InChI is InChI=1S/C78H80N4S6/c1-6-11-16-19-26-55-44-58(43-52(50-79)51-80)83-75(55)72-47-56(27-20-17-12-7-2)76(86-72)73-48-57(28-21-18-13-8-3)77(87-73)74-49-63(70-39-37-68(84-70)53-33-35-66-61(45-53)59-29-22-24-31-64(59)81(66)41-14-9-4)78(88-74)71-40-38-69(85-71)54-34-36-67-62(46-54)60-30-23-25-32-65(60)82(67)42-15-10-5/h22-25,29-40,43-49H,6-21,26-28,41-42H2,1-5H3. The molecule has 0 saturated heterocycles. The van der Waals surface area contributed by atoms with Crippen molar-refractivity contribution in [1.82, 2.24) is 9.13 Å². The van der Waals surface area contributed by atoms with E-state index >= 15 is 0 Å². The van der Waals surface area contributed by atoms with Crippen LogP contribution in [0.15, 0.2) is 139 Å². The van der Waals surface area contributed by atoms with Crippen LogP contribution in [0, 0.1) is 22.7 Å². The summed E-state index contributed by atoms with van der Waals surface area (Å²) in [5, 5.41) is 24.9. The summed E-state index contributed by atoms with van der Waals surface area (Å²) in [7, 11) is 0. The van der Waals surface area contributed by atoms with Crippen molar-refractivity contribution in [3.63, 3.8) is 0 Å². The number of rotatable bonds is 29. The fourth-order valence-electron chi connectivity index (χ4n) is 12.9. The SMILES string of the molecule is CCCCCCc1cc(C=C(C#N)C#N)sc1-c1cc(CCCCCC)c(-c2cc(CCCCCC)c(-c3cc(-c4ccc(-c5ccc6c(c5)c5ccccc5n6CCCC)s4)c(-c4ccc(-c5ccc6c(c5)c5ccccc5n6CCCC)s4)s3)s2)s1. The van der Waals surface area contributed by atoms with Crippen LogP contribution in [0.25, 0.3) is 120 Å². The number of benzene rings is 4. The first-order valence-electron chi connectivity index (χ1n) is 32.6. The van der Waals surface area contributed by atoms with E-state index in [-0.39, 0.29) is 5.57 Å². The van der Waals surface area contributed by atoms with E-state index < -0.39 is 0 Å². The number of fused-ring (bicyclic) bond motifs is 6. The lowest BCUT2D eigenvalue weighted by Gasteiger charge is -2.06. The monoisotopic (exact) mass is 1260 g/mol. The van der Waals surface area contributed by atoms with Crippen molar-refractivity contribution in [2.24, 2.45) is 0 Å². The van der Waals surface area contributed by atoms with Crippen LogP contribution in [-0.2, 0) is 32.4 Å². The van der Waals surface area contributed by atoms with Crippen molar-refractivity contribution in [3.05, 3.63) is 161 Å². The molecule has 0 saturated carbocycles. The minimum atomic E-state index is 0.157. The van der Waals surface area contributed by atoms with Gasteiger partial charge >= 0.3 is 0 Å². The number of hydrogen-bond acceptors (Lipinski definition) is 8. The molecule has 12 aromatic rings. The Bertz CT molecular complexity index is 4300. The zero-order chi connectivity index (χ0) is 60.5. The van der Waals surface area contributed by atoms with Crippen LogP contribution >= 0.6 is 68.0 Å². The Morgan fingerprint density at radius 3 is 1.28 bits per heavy atom. The lowest BCUT2D eigenvalue weighted by molar-refractivity contribution is 0.665. The smallest absolute Gasteiger partial charge is 0.131 e. The third kappa shape index (κ3) is 13.0. The Morgan fingerprint density at radius 2 is 0.784 bits per heavy atom. The molecule has 0 unspecified atom stereocenters. The normalized spacial score (nSPS) is 11.7. The Kier molecular flexibility index (Phi) is 20.3. The second kappa shape index (κ2) is 28.9. The Hall–Kier alpha value is -6.60. The minimum absolute atomic E-state index is 0.157. The first-order valence-corrected chi connectivity index (χ1v) is 37.5. The molecule has 88 heavy (non-hydrogen) atoms. The molecule has 0 aliphatic carbocycles. The van der Waals surface area contributed by atoms with Gasteiger partial charge in [-0.3, -0.25) is 0 Å². The van der Waals surface area contributed by atoms with Gasteiger partial charge in [-0.25, -0.2) is 0 Å². The summed E-state index contributed by atoms with van der Waals surface area (Å²) in [5.41, 5.74) is 13.6. The minimum Gasteiger partial charge on any atom is -0.340 e. The van der Waals surface area contributed by atoms with Gasteiger partial charge in [0.05, 0.1) is 4.88 Å². The van der Waals surface area contributed by atoms with Crippen LogP contribution in [0.5, 0.6) is 0 Å². The summed E-state index contributed by atoms with van der Waals surface area (Å²) in [6.07, 6.45) is 24.1. The van der Waals surface area contributed by atoms with E-state index in [0.717, 1.165) is 56.5 Å². The summed E-state index contributed by atoms with van der Waals surface area (Å²) < 4.78 is 5.07. The quantitative estimate of drug-likeness (QED) is 0.0346. The van der Waals surface area contributed by atoms with Crippen molar-refractivity contribution in [3.8, 4) is 82.5 Å². The van der Waals surface area contributed by atoms with Gasteiger partial charge < -0.3 is 9.13 Å². The second-order valence-corrected chi connectivity index (χ2v) is 30.2. The largest absolute Gasteiger partial charge is 0.340 e. The van der Waals surface area contributed by atoms with Gasteiger partial charge in [-0.2, -0.15) is 10.5 Å². The van der Waals surface area contributed by atoms with Gasteiger partial charge in [0.15, 0.2) is 0 Å². The highest BCUT2D eigenvalue weighted by Gasteiger charge is 2.25. The van der Waals surface area contributed by atoms with Gasteiger partial charge in [0.1, 0.15) is 17.7 Å². The number of aromatic nitrogens is 2. The van der Waals surface area contributed by atoms with Crippen LogP contribution in [0.1, 0.15) is 159 Å². The average molecular weight is 1270 g/mol. The van der Waals surface area contributed by atoms with Gasteiger partial charge in [-0.15, -0.1) is 68.0 Å². The van der Waals surface area contributed by atoms with E-state index in [2.05, 4.69) is 189 Å². The summed E-state index contributed by atoms with van der Waals surface area (Å²) in [6.45, 7) is 13.5. The number of hydrogen-bond donors (Lipinski definition) is 0. The van der Waals surface area contributed by atoms with Gasteiger partial charge in [0.25, 0.3) is 0 Å². The fraction of sp³-hybridized carbons (Fsp3) is 0.333. The Morgan fingerprint density at radius 1 is 0.364 bits per heavy atom. The number of unbranched alkanes of at least 4 members (excludes halogenated alkanes) is 11. The highest BCUT2D eigenvalue weighted by atomic mass is 32.1. The topological polar surface area (TPSA) is 57.4 Å². The van der Waals surface area contributed by atoms with Crippen molar-refractivity contribution in [1.29, 1.82) is 10.5 Å². The molecule has 4 aromatic carbocycles. The molecule has 0 N–H and O–H groups in total. The van der Waals surface area contributed by atoms with Gasteiger partial charge in [0.2, 0.25) is 0 Å². The third-order valence-corrected chi connectivity index (χ3v) is 25.2. The third-order valence-electron chi connectivity index (χ3n) is 17.6. The number of nitriles is 2. The van der Waals surface area contributed by atoms with Gasteiger partial charge in [-0.05, 0) is 170 Å². The van der Waals surface area contributed by atoms with Crippen LogP contribution in [0.2, 0.25) is 0 Å². The maximum atomic E-state index is 9.79. The highest BCUT2D eigenvalue weighted by Crippen LogP contribution is 2.54. The molecule has 0 atom stereocenters. The fourth-order valence-corrected chi connectivity index (χ4v) is 20.3. The summed E-state index contributed by atoms with van der Waals surface area (Å²) >= 11 is 11.6. The molecule has 0 amide bonds. The lowest BCUT2D eigenvalue weighted by Crippen LogP contribution is -1.96. The summed E-state index contributed by atoms with van der Waals surface area (Å²) in [6, 6.07) is 56.0. The first-order chi connectivity index (χ1) is 43.3. The van der Waals surface area contributed by atoms with Crippen molar-refractivity contribution in [2.45, 2.75) is 170 Å². The lowest BCUT2D eigenvalue weighted by atomic mass is 10.0. The molecule has 4 nitrogen and oxygen atoms in total. The maximum Gasteiger partial charge on any atom is 0.131 e. The van der Waals surface area contributed by atoms with E-state index in [4.69, 9.17) is 0 Å². The van der Waals surface area contributed by atoms with Crippen LogP contribution in [0.3, 0.4) is 0 Å². The Balaban J connectivity index is 0.983. The summed E-state index contributed by atoms with van der Waals surface area (Å²) in [4.78, 5) is 15.7. The molecule has 0 bridgehead atoms. The molecule has 0 fully saturated rings. The molecule has 10 heteroatoms. The molecule has 8 heterocycles. The van der Waals surface area contributed by atoms with Crippen molar-refractivity contribution < 1.29 is 0 Å². The predicted molar refractivity (Wildman–Crippen MR) is 390 cm³/mol. The molecule has 12 rings (SSSR count). The molecular formula is C78H80N4S6. The molecule has 448 valence electrons. The first kappa shape index (κ1) is 61.6. The van der Waals surface area contributed by atoms with Gasteiger partial charge in [-0.1, -0.05) is 154 Å². The molecule has 0 aliphatic heterocycles. The number of thiophene rings is 6. The van der Waals surface area contributed by atoms with E-state index in [1.807, 2.05) is 56.7 Å². The maximum absolute atomic E-state index is 9.79. The van der Waals surface area contributed by atoms with Crippen molar-refractivity contribution >= 4 is 118 Å². The molecule has 0 radical (unpaired) electrons. The number of allylic oxidation sites excluding steroid dienone is 1. The highest BCUT2D eigenvalue weighted by molar-refractivity contribution is 7.30. The van der Waals surface area contributed by atoms with Gasteiger partial charge in [0, 0.05) is 116 Å². The number of nitrogens with zero attached hydrogens (tertiary/aromatic N) is 4. The van der Waals surface area contributed by atoms with Crippen LogP contribution in [0.4, 0.5) is 0 Å². The van der Waals surface area contributed by atoms with E-state index in [1.54, 1.807) is 17.4 Å². The second-order valence-electron chi connectivity index (χ2n) is 23.8. The number of aryl methyl sites for hydroxylation is 5. The Labute approximate surface area is 545 Å². The number of para-hydroxylation sites is 2. The van der Waals surface area contributed by atoms with E-state index in [0.29, 0.717) is 0 Å². The molecule has 0 aliphatic rings. The van der Waals surface area contributed by atoms with Crippen molar-refractivity contribution in [2.75, 3.05) is 0 Å². The van der Waals surface area contributed by atoms with Crippen LogP contribution < -0.4 is 0 Å². The average Bonchev–Trinajstić information content (AvgIpc) is 4.08. The molecule has 0 spiro atoms. The van der Waals surface area contributed by atoms with Crippen LogP contribution in [-0.4, -0.2) is 9.13 Å². The summed E-state index contributed by atoms with van der Waals surface area (Å²) in [5.74, 6) is 0. The molecule has 8 aromatic heterocycles. The van der Waals surface area contributed by atoms with E-state index in [1.165, 1.54) is 214 Å². The molecular weight excluding hydrogens is 1190 g/mol. The van der Waals surface area contributed by atoms with E-state index in [9.17, 15) is 10.5 Å². The zero-order valence-electron chi connectivity index (χ0n) is 51.9. The zero-order valence-corrected chi connectivity index (χ0v) is 56.8. The predicted octanol–water partition coefficient (Wildman–Crippen LogP) is 26.3.